The summed E-state index contributed by atoms with van der Waals surface area (Å²) < 4.78 is 6.08. The zero-order valence-electron chi connectivity index (χ0n) is 9.50. The maximum atomic E-state index is 6.08. The van der Waals surface area contributed by atoms with Gasteiger partial charge in [-0.3, -0.25) is 0 Å². The molecule has 0 aromatic heterocycles. The van der Waals surface area contributed by atoms with Crippen molar-refractivity contribution in [3.63, 3.8) is 0 Å². The van der Waals surface area contributed by atoms with E-state index in [0.717, 1.165) is 6.04 Å². The molecule has 14 heavy (non-hydrogen) atoms. The molecule has 0 aliphatic rings. The van der Waals surface area contributed by atoms with Crippen molar-refractivity contribution in [2.24, 2.45) is 0 Å². The van der Waals surface area contributed by atoms with E-state index in [4.69, 9.17) is 4.12 Å². The summed E-state index contributed by atoms with van der Waals surface area (Å²) in [6.45, 7) is 9.03. The molecule has 0 bridgehead atoms. The minimum Gasteiger partial charge on any atom is -0.455 e. The molecule has 1 nitrogen and oxygen atoms in total. The van der Waals surface area contributed by atoms with Crippen molar-refractivity contribution >= 4 is 17.4 Å². The summed E-state index contributed by atoms with van der Waals surface area (Å²) in [7, 11) is -2.01. The summed E-state index contributed by atoms with van der Waals surface area (Å²) in [6, 6.07) is 11.8. The monoisotopic (exact) mass is 223 g/mol. The van der Waals surface area contributed by atoms with Crippen LogP contribution in [0, 0.1) is 0 Å². The van der Waals surface area contributed by atoms with Crippen LogP contribution in [0.3, 0.4) is 0 Å². The summed E-state index contributed by atoms with van der Waals surface area (Å²) in [5.74, 6) is 0. The zero-order chi connectivity index (χ0) is 10.6. The molecule has 0 aliphatic carbocycles. The Morgan fingerprint density at radius 3 is 2.21 bits per heavy atom. The van der Waals surface area contributed by atoms with Crippen LogP contribution < -0.4 is 0 Å². The maximum Gasteiger partial charge on any atom is 0.191 e. The van der Waals surface area contributed by atoms with Crippen LogP contribution in [0.5, 0.6) is 0 Å². The van der Waals surface area contributed by atoms with Crippen LogP contribution in [0.1, 0.15) is 5.56 Å². The van der Waals surface area contributed by atoms with Crippen LogP contribution >= 0.6 is 0 Å². The van der Waals surface area contributed by atoms with Gasteiger partial charge in [-0.05, 0) is 37.8 Å². The Balaban J connectivity index is 2.59. The van der Waals surface area contributed by atoms with Gasteiger partial charge in [0, 0.05) is 0 Å². The summed E-state index contributed by atoms with van der Waals surface area (Å²) in [4.78, 5) is 0. The smallest absolute Gasteiger partial charge is 0.191 e. The number of rotatable bonds is 4. The molecule has 0 spiro atoms. The van der Waals surface area contributed by atoms with E-state index in [1.807, 2.05) is 0 Å². The molecule has 1 radical (unpaired) electrons. The van der Waals surface area contributed by atoms with Gasteiger partial charge in [-0.15, -0.1) is 0 Å². The summed E-state index contributed by atoms with van der Waals surface area (Å²) in [5.41, 5.74) is 1.41. The average molecular weight is 223 g/mol. The minimum atomic E-state index is -1.46. The van der Waals surface area contributed by atoms with Gasteiger partial charge in [-0.2, -0.15) is 0 Å². The second-order valence-corrected chi connectivity index (χ2v) is 10.9. The lowest BCUT2D eigenvalue weighted by atomic mass is 10.2. The zero-order valence-corrected chi connectivity index (χ0v) is 11.5. The minimum absolute atomic E-state index is 0.549. The Hall–Kier alpha value is -0.386. The third kappa shape index (κ3) is 4.22. The lowest BCUT2D eigenvalue weighted by molar-refractivity contribution is 0.571. The predicted molar refractivity (Wildman–Crippen MR) is 66.2 cm³/mol. The maximum absolute atomic E-state index is 6.08. The highest BCUT2D eigenvalue weighted by molar-refractivity contribution is 6.77. The lowest BCUT2D eigenvalue weighted by Crippen LogP contribution is -2.38. The molecule has 0 heterocycles. The first-order chi connectivity index (χ1) is 6.49. The van der Waals surface area contributed by atoms with E-state index in [2.05, 4.69) is 56.5 Å². The molecular weight excluding hydrogens is 204 g/mol. The van der Waals surface area contributed by atoms with Crippen LogP contribution in [0.2, 0.25) is 26.2 Å². The first-order valence-electron chi connectivity index (χ1n) is 5.03. The Labute approximate surface area is 90.0 Å². The normalized spacial score (nSPS) is 12.1. The van der Waals surface area contributed by atoms with Crippen LogP contribution in [-0.2, 0) is 10.2 Å². The molecule has 1 aromatic rings. The van der Waals surface area contributed by atoms with Gasteiger partial charge in [-0.25, -0.2) is 0 Å². The average Bonchev–Trinajstić information content (AvgIpc) is 2.02. The van der Waals surface area contributed by atoms with Gasteiger partial charge < -0.3 is 4.12 Å². The van der Waals surface area contributed by atoms with Crippen molar-refractivity contribution in [1.29, 1.82) is 0 Å². The number of hydrogen-bond acceptors (Lipinski definition) is 1. The topological polar surface area (TPSA) is 9.23 Å². The van der Waals surface area contributed by atoms with Crippen molar-refractivity contribution in [2.45, 2.75) is 32.2 Å². The summed E-state index contributed by atoms with van der Waals surface area (Å²) in [5, 5.41) is 0. The summed E-state index contributed by atoms with van der Waals surface area (Å²) in [6.07, 6.45) is 0. The fraction of sp³-hybridized carbons (Fsp3) is 0.455. The van der Waals surface area contributed by atoms with Crippen molar-refractivity contribution in [2.75, 3.05) is 0 Å². The molecule has 0 fully saturated rings. The molecule has 0 N–H and O–H groups in total. The standard InChI is InChI=1S/C11H19OSi2/c1-13(2)12-14(3,4)10-11-8-6-5-7-9-11/h5-9H,10H2,1-4H3. The first kappa shape index (κ1) is 11.7. The summed E-state index contributed by atoms with van der Waals surface area (Å²) >= 11 is 0. The Morgan fingerprint density at radius 2 is 1.71 bits per heavy atom. The second-order valence-electron chi connectivity index (χ2n) is 4.43. The quantitative estimate of drug-likeness (QED) is 0.712. The fourth-order valence-electron chi connectivity index (χ4n) is 1.68. The molecular formula is C11H19OSi2. The van der Waals surface area contributed by atoms with E-state index in [-0.39, 0.29) is 0 Å². The van der Waals surface area contributed by atoms with Gasteiger partial charge >= 0.3 is 0 Å². The molecule has 1 rings (SSSR count). The van der Waals surface area contributed by atoms with Crippen LogP contribution in [0.25, 0.3) is 0 Å². The molecule has 77 valence electrons. The SMILES string of the molecule is C[Si](C)O[Si](C)(C)Cc1ccccc1. The Kier molecular flexibility index (Phi) is 4.10. The molecule has 0 unspecified atom stereocenters. The van der Waals surface area contributed by atoms with Gasteiger partial charge in [0.2, 0.25) is 0 Å². The number of benzene rings is 1. The van der Waals surface area contributed by atoms with Crippen molar-refractivity contribution in [1.82, 2.24) is 0 Å². The van der Waals surface area contributed by atoms with E-state index in [1.165, 1.54) is 5.56 Å². The van der Waals surface area contributed by atoms with Gasteiger partial charge in [0.25, 0.3) is 0 Å². The van der Waals surface area contributed by atoms with Gasteiger partial charge in [-0.1, -0.05) is 30.3 Å². The molecule has 0 saturated carbocycles. The van der Waals surface area contributed by atoms with E-state index in [0.29, 0.717) is 0 Å². The molecule has 0 amide bonds. The third-order valence-corrected chi connectivity index (χ3v) is 7.06. The second kappa shape index (κ2) is 4.91. The number of hydrogen-bond donors (Lipinski definition) is 0. The lowest BCUT2D eigenvalue weighted by Gasteiger charge is -2.25. The van der Waals surface area contributed by atoms with E-state index in [9.17, 15) is 0 Å². The van der Waals surface area contributed by atoms with Crippen molar-refractivity contribution in [3.8, 4) is 0 Å². The first-order valence-corrected chi connectivity index (χ1v) is 10.5. The molecule has 0 atom stereocenters. The highest BCUT2D eigenvalue weighted by atomic mass is 28.4. The molecule has 1 aromatic carbocycles. The molecule has 0 saturated heterocycles. The van der Waals surface area contributed by atoms with Crippen LogP contribution in [-0.4, -0.2) is 17.4 Å². The van der Waals surface area contributed by atoms with Gasteiger partial charge in [0.05, 0.1) is 0 Å². The van der Waals surface area contributed by atoms with Gasteiger partial charge in [0.15, 0.2) is 17.4 Å². The Bertz CT molecular complexity index is 270. The van der Waals surface area contributed by atoms with Crippen LogP contribution in [0.15, 0.2) is 30.3 Å². The highest BCUT2D eigenvalue weighted by Crippen LogP contribution is 2.14. The van der Waals surface area contributed by atoms with E-state index in [1.54, 1.807) is 0 Å². The van der Waals surface area contributed by atoms with Crippen molar-refractivity contribution in [3.05, 3.63) is 35.9 Å². The van der Waals surface area contributed by atoms with Crippen molar-refractivity contribution < 1.29 is 4.12 Å². The molecule has 3 heteroatoms. The molecule has 0 aliphatic heterocycles. The van der Waals surface area contributed by atoms with Crippen LogP contribution in [0.4, 0.5) is 0 Å². The van der Waals surface area contributed by atoms with Gasteiger partial charge in [0.1, 0.15) is 0 Å². The third-order valence-electron chi connectivity index (χ3n) is 1.95. The Morgan fingerprint density at radius 1 is 1.14 bits per heavy atom. The van der Waals surface area contributed by atoms with E-state index >= 15 is 0 Å². The fourth-order valence-corrected chi connectivity index (χ4v) is 7.60. The largest absolute Gasteiger partial charge is 0.455 e. The van der Waals surface area contributed by atoms with E-state index < -0.39 is 17.4 Å². The predicted octanol–water partition coefficient (Wildman–Crippen LogP) is 3.24. The highest BCUT2D eigenvalue weighted by Gasteiger charge is 2.23.